The molecule has 3 rings (SSSR count). The number of nitrogens with zero attached hydrogens (tertiary/aromatic N) is 4. The molecule has 0 aliphatic rings. The molecule has 0 atom stereocenters. The Morgan fingerprint density at radius 2 is 1.88 bits per heavy atom. The number of rotatable bonds is 5. The van der Waals surface area contributed by atoms with Gasteiger partial charge in [-0.05, 0) is 49.5 Å². The summed E-state index contributed by atoms with van der Waals surface area (Å²) in [7, 11) is 3.93. The van der Waals surface area contributed by atoms with Gasteiger partial charge in [0.15, 0.2) is 0 Å². The molecular weight excluding hydrogens is 302 g/mol. The smallest absolute Gasteiger partial charge is 0.269 e. The highest BCUT2D eigenvalue weighted by atomic mass is 16.1. The molecule has 1 N–H and O–H groups in total. The van der Waals surface area contributed by atoms with Crippen LogP contribution in [0.15, 0.2) is 49.1 Å². The Balaban J connectivity index is 1.99. The zero-order chi connectivity index (χ0) is 16.9. The monoisotopic (exact) mass is 321 g/mol. The molecule has 6 heteroatoms. The molecular formula is C18H19N5O. The lowest BCUT2D eigenvalue weighted by molar-refractivity contribution is 0.0946. The number of likely N-dealkylation sites (N-methyl/N-ethyl adjacent to an activating group) is 1. The lowest BCUT2D eigenvalue weighted by Crippen LogP contribution is -2.31. The fourth-order valence-electron chi connectivity index (χ4n) is 2.44. The van der Waals surface area contributed by atoms with Crippen LogP contribution in [0.2, 0.25) is 0 Å². The van der Waals surface area contributed by atoms with Crippen LogP contribution in [-0.4, -0.2) is 52.9 Å². The third-order valence-corrected chi connectivity index (χ3v) is 3.68. The summed E-state index contributed by atoms with van der Waals surface area (Å²) >= 11 is 0. The van der Waals surface area contributed by atoms with Gasteiger partial charge in [-0.1, -0.05) is 0 Å². The average molecular weight is 321 g/mol. The standard InChI is InChI=1S/C18H19N5O/c1-23(2)10-9-21-18(24)17-11-14(13-3-6-19-7-4-13)15-12-20-8-5-16(15)22-17/h3-8,11-12H,9-10H2,1-2H3,(H,21,24). The molecule has 0 aliphatic heterocycles. The van der Waals surface area contributed by atoms with Crippen LogP contribution in [0, 0.1) is 0 Å². The Bertz CT molecular complexity index is 848. The van der Waals surface area contributed by atoms with Crippen molar-refractivity contribution in [2.24, 2.45) is 0 Å². The van der Waals surface area contributed by atoms with Gasteiger partial charge in [-0.3, -0.25) is 14.8 Å². The number of nitrogens with one attached hydrogen (secondary N) is 1. The number of pyridine rings is 3. The first kappa shape index (κ1) is 16.0. The van der Waals surface area contributed by atoms with Crippen molar-refractivity contribution >= 4 is 16.8 Å². The van der Waals surface area contributed by atoms with Gasteiger partial charge in [0, 0.05) is 43.3 Å². The van der Waals surface area contributed by atoms with Gasteiger partial charge >= 0.3 is 0 Å². The molecule has 3 heterocycles. The summed E-state index contributed by atoms with van der Waals surface area (Å²) in [6.07, 6.45) is 6.91. The molecule has 3 aromatic heterocycles. The van der Waals surface area contributed by atoms with Crippen LogP contribution in [0.25, 0.3) is 22.0 Å². The van der Waals surface area contributed by atoms with Crippen LogP contribution < -0.4 is 5.32 Å². The Hall–Kier alpha value is -2.86. The highest BCUT2D eigenvalue weighted by molar-refractivity contribution is 6.00. The van der Waals surface area contributed by atoms with Crippen molar-refractivity contribution < 1.29 is 4.79 Å². The summed E-state index contributed by atoms with van der Waals surface area (Å²) in [5, 5.41) is 3.81. The zero-order valence-corrected chi connectivity index (χ0v) is 13.7. The number of carbonyl (C=O) groups excluding carboxylic acids is 1. The SMILES string of the molecule is CN(C)CCNC(=O)c1cc(-c2ccncc2)c2cnccc2n1. The normalized spacial score (nSPS) is 11.0. The molecule has 6 nitrogen and oxygen atoms in total. The average Bonchev–Trinajstić information content (AvgIpc) is 2.61. The molecule has 122 valence electrons. The Kier molecular flexibility index (Phi) is 4.77. The lowest BCUT2D eigenvalue weighted by Gasteiger charge is -2.12. The highest BCUT2D eigenvalue weighted by Gasteiger charge is 2.13. The van der Waals surface area contributed by atoms with Crippen molar-refractivity contribution in [1.82, 2.24) is 25.2 Å². The highest BCUT2D eigenvalue weighted by Crippen LogP contribution is 2.27. The Morgan fingerprint density at radius 3 is 2.62 bits per heavy atom. The largest absolute Gasteiger partial charge is 0.349 e. The number of hydrogen-bond donors (Lipinski definition) is 1. The van der Waals surface area contributed by atoms with Crippen molar-refractivity contribution in [2.75, 3.05) is 27.2 Å². The number of hydrogen-bond acceptors (Lipinski definition) is 5. The van der Waals surface area contributed by atoms with E-state index in [2.05, 4.69) is 20.3 Å². The molecule has 24 heavy (non-hydrogen) atoms. The van der Waals surface area contributed by atoms with E-state index < -0.39 is 0 Å². The fraction of sp³-hybridized carbons (Fsp3) is 0.222. The zero-order valence-electron chi connectivity index (χ0n) is 13.7. The number of amides is 1. The van der Waals surface area contributed by atoms with E-state index in [0.29, 0.717) is 12.2 Å². The molecule has 0 radical (unpaired) electrons. The van der Waals surface area contributed by atoms with Gasteiger partial charge < -0.3 is 10.2 Å². The molecule has 3 aromatic rings. The third kappa shape index (κ3) is 3.55. The summed E-state index contributed by atoms with van der Waals surface area (Å²) in [5.74, 6) is -0.175. The molecule has 0 aliphatic carbocycles. The Morgan fingerprint density at radius 1 is 1.12 bits per heavy atom. The minimum Gasteiger partial charge on any atom is -0.349 e. The molecule has 0 saturated heterocycles. The van der Waals surface area contributed by atoms with E-state index in [9.17, 15) is 4.79 Å². The Labute approximate surface area is 140 Å². The first-order chi connectivity index (χ1) is 11.6. The lowest BCUT2D eigenvalue weighted by atomic mass is 10.0. The number of aromatic nitrogens is 3. The van der Waals surface area contributed by atoms with Crippen molar-refractivity contribution in [3.63, 3.8) is 0 Å². The van der Waals surface area contributed by atoms with E-state index in [1.807, 2.05) is 43.3 Å². The van der Waals surface area contributed by atoms with Gasteiger partial charge in [-0.2, -0.15) is 0 Å². The third-order valence-electron chi connectivity index (χ3n) is 3.68. The van der Waals surface area contributed by atoms with E-state index >= 15 is 0 Å². The topological polar surface area (TPSA) is 71.0 Å². The number of fused-ring (bicyclic) bond motifs is 1. The fourth-order valence-corrected chi connectivity index (χ4v) is 2.44. The molecule has 0 spiro atoms. The maximum absolute atomic E-state index is 12.4. The summed E-state index contributed by atoms with van der Waals surface area (Å²) in [6.45, 7) is 1.35. The predicted octanol–water partition coefficient (Wildman–Crippen LogP) is 1.98. The van der Waals surface area contributed by atoms with Gasteiger partial charge in [0.25, 0.3) is 5.91 Å². The minimum absolute atomic E-state index is 0.175. The molecule has 1 amide bonds. The summed E-state index contributed by atoms with van der Waals surface area (Å²) < 4.78 is 0. The summed E-state index contributed by atoms with van der Waals surface area (Å²) in [5.41, 5.74) is 3.05. The first-order valence-corrected chi connectivity index (χ1v) is 7.73. The quantitative estimate of drug-likeness (QED) is 0.778. The first-order valence-electron chi connectivity index (χ1n) is 7.73. The van der Waals surface area contributed by atoms with E-state index in [4.69, 9.17) is 0 Å². The summed E-state index contributed by atoms with van der Waals surface area (Å²) in [6, 6.07) is 7.45. The van der Waals surface area contributed by atoms with Gasteiger partial charge in [-0.15, -0.1) is 0 Å². The van der Waals surface area contributed by atoms with E-state index in [0.717, 1.165) is 28.6 Å². The maximum Gasteiger partial charge on any atom is 0.269 e. The van der Waals surface area contributed by atoms with Crippen LogP contribution in [-0.2, 0) is 0 Å². The van der Waals surface area contributed by atoms with Crippen LogP contribution in [0.5, 0.6) is 0 Å². The predicted molar refractivity (Wildman–Crippen MR) is 93.7 cm³/mol. The maximum atomic E-state index is 12.4. The number of carbonyl (C=O) groups is 1. The minimum atomic E-state index is -0.175. The molecule has 0 bridgehead atoms. The van der Waals surface area contributed by atoms with Gasteiger partial charge in [-0.25, -0.2) is 4.98 Å². The molecule has 0 unspecified atom stereocenters. The van der Waals surface area contributed by atoms with Crippen LogP contribution in [0.1, 0.15) is 10.5 Å². The van der Waals surface area contributed by atoms with Crippen molar-refractivity contribution in [3.8, 4) is 11.1 Å². The van der Waals surface area contributed by atoms with Crippen LogP contribution in [0.4, 0.5) is 0 Å². The van der Waals surface area contributed by atoms with Gasteiger partial charge in [0.05, 0.1) is 5.52 Å². The molecule has 0 aromatic carbocycles. The van der Waals surface area contributed by atoms with E-state index in [-0.39, 0.29) is 5.91 Å². The second-order valence-electron chi connectivity index (χ2n) is 5.74. The van der Waals surface area contributed by atoms with E-state index in [1.165, 1.54) is 0 Å². The van der Waals surface area contributed by atoms with Crippen molar-refractivity contribution in [3.05, 3.63) is 54.7 Å². The van der Waals surface area contributed by atoms with Crippen LogP contribution >= 0.6 is 0 Å². The second kappa shape index (κ2) is 7.14. The molecule has 0 fully saturated rings. The van der Waals surface area contributed by atoms with Crippen molar-refractivity contribution in [2.45, 2.75) is 0 Å². The van der Waals surface area contributed by atoms with Gasteiger partial charge in [0.1, 0.15) is 5.69 Å². The van der Waals surface area contributed by atoms with Crippen LogP contribution in [0.3, 0.4) is 0 Å². The van der Waals surface area contributed by atoms with Gasteiger partial charge in [0.2, 0.25) is 0 Å². The summed E-state index contributed by atoms with van der Waals surface area (Å²) in [4.78, 5) is 27.2. The van der Waals surface area contributed by atoms with E-state index in [1.54, 1.807) is 24.8 Å². The van der Waals surface area contributed by atoms with Crippen molar-refractivity contribution in [1.29, 1.82) is 0 Å². The molecule has 0 saturated carbocycles. The second-order valence-corrected chi connectivity index (χ2v) is 5.74.